The fourth-order valence-electron chi connectivity index (χ4n) is 2.58. The number of carbonyl (C=O) groups excluding carboxylic acids is 1. The lowest BCUT2D eigenvalue weighted by Crippen LogP contribution is -2.35. The van der Waals surface area contributed by atoms with Crippen LogP contribution in [-0.4, -0.2) is 50.6 Å². The minimum atomic E-state index is -1.39. The maximum Gasteiger partial charge on any atom is 0.263 e. The van der Waals surface area contributed by atoms with Crippen molar-refractivity contribution in [2.24, 2.45) is 0 Å². The first kappa shape index (κ1) is 19.7. The summed E-state index contributed by atoms with van der Waals surface area (Å²) in [5.41, 5.74) is 7.91. The number of likely N-dealkylation sites (N-methyl/N-ethyl adjacent to an activating group) is 1. The van der Waals surface area contributed by atoms with Gasteiger partial charge in [0.1, 0.15) is 17.4 Å². The molecule has 0 radical (unpaired) electrons. The number of fused-ring (bicyclic) bond motifs is 1. The molecule has 2 heterocycles. The molecule has 1 atom stereocenters. The normalized spacial score (nSPS) is 11.2. The van der Waals surface area contributed by atoms with Crippen molar-refractivity contribution in [2.45, 2.75) is 13.0 Å². The number of carbonyl (C=O) groups is 1. The van der Waals surface area contributed by atoms with Crippen LogP contribution in [0.4, 0.5) is 5.82 Å². The second-order valence-electron chi connectivity index (χ2n) is 6.23. The molecule has 8 nitrogen and oxygen atoms in total. The molecule has 144 valence electrons. The predicted molar refractivity (Wildman–Crippen MR) is 108 cm³/mol. The highest BCUT2D eigenvalue weighted by atomic mass is 16.3. The van der Waals surface area contributed by atoms with Gasteiger partial charge in [-0.15, -0.1) is 0 Å². The summed E-state index contributed by atoms with van der Waals surface area (Å²) < 4.78 is 0. The zero-order chi connectivity index (χ0) is 21.0. The van der Waals surface area contributed by atoms with Gasteiger partial charge in [-0.3, -0.25) is 4.79 Å². The van der Waals surface area contributed by atoms with E-state index < -0.39 is 12.0 Å². The summed E-state index contributed by atoms with van der Waals surface area (Å²) >= 11 is 0. The molecule has 29 heavy (non-hydrogen) atoms. The SMILES string of the molecule is CCN(C)C(=O)[C@H](O)C#Cc1cccc(-c2ncc3c(C#N)cnc(N)c3n2)c1. The number of pyridine rings is 1. The van der Waals surface area contributed by atoms with Gasteiger partial charge in [-0.05, 0) is 19.1 Å². The summed E-state index contributed by atoms with van der Waals surface area (Å²) in [7, 11) is 1.60. The fraction of sp³-hybridized carbons (Fsp3) is 0.190. The molecule has 0 aliphatic carbocycles. The first-order chi connectivity index (χ1) is 13.9. The van der Waals surface area contributed by atoms with Crippen molar-refractivity contribution >= 4 is 22.6 Å². The van der Waals surface area contributed by atoms with E-state index in [4.69, 9.17) is 5.73 Å². The molecule has 0 aliphatic rings. The molecule has 0 saturated heterocycles. The van der Waals surface area contributed by atoms with E-state index in [1.807, 2.05) is 13.0 Å². The number of rotatable bonds is 3. The van der Waals surface area contributed by atoms with Gasteiger partial charge >= 0.3 is 0 Å². The third kappa shape index (κ3) is 4.13. The van der Waals surface area contributed by atoms with Crippen LogP contribution in [0.3, 0.4) is 0 Å². The topological polar surface area (TPSA) is 129 Å². The number of aromatic nitrogens is 3. The number of nitriles is 1. The van der Waals surface area contributed by atoms with E-state index >= 15 is 0 Å². The Morgan fingerprint density at radius 3 is 2.86 bits per heavy atom. The van der Waals surface area contributed by atoms with Crippen molar-refractivity contribution in [2.75, 3.05) is 19.3 Å². The van der Waals surface area contributed by atoms with E-state index in [0.29, 0.717) is 40.0 Å². The van der Waals surface area contributed by atoms with Gasteiger partial charge < -0.3 is 15.7 Å². The van der Waals surface area contributed by atoms with Gasteiger partial charge in [0.05, 0.1) is 5.56 Å². The Morgan fingerprint density at radius 1 is 1.34 bits per heavy atom. The minimum Gasteiger partial charge on any atom is -0.382 e. The standard InChI is InChI=1S/C21H18N6O2/c1-3-27(2)21(29)17(28)8-7-13-5-4-6-14(9-13)20-25-12-16-15(10-22)11-24-19(23)18(16)26-20/h4-6,9,11-12,17,28H,3H2,1-2H3,(H2,23,24)/t17-/m1/s1. The molecule has 0 aliphatic heterocycles. The molecule has 1 amide bonds. The largest absolute Gasteiger partial charge is 0.382 e. The molecule has 0 bridgehead atoms. The Bertz CT molecular complexity index is 1190. The summed E-state index contributed by atoms with van der Waals surface area (Å²) in [5.74, 6) is 5.50. The highest BCUT2D eigenvalue weighted by Crippen LogP contribution is 2.23. The molecule has 3 aromatic rings. The maximum atomic E-state index is 11.9. The third-order valence-electron chi connectivity index (χ3n) is 4.33. The lowest BCUT2D eigenvalue weighted by molar-refractivity contribution is -0.135. The molecule has 3 rings (SSSR count). The highest BCUT2D eigenvalue weighted by Gasteiger charge is 2.15. The Labute approximate surface area is 167 Å². The number of aliphatic hydroxyl groups is 1. The van der Waals surface area contributed by atoms with E-state index in [-0.39, 0.29) is 5.82 Å². The van der Waals surface area contributed by atoms with Crippen molar-refractivity contribution in [3.8, 4) is 29.3 Å². The second kappa shape index (κ2) is 8.34. The number of aliphatic hydroxyl groups excluding tert-OH is 1. The number of benzene rings is 1. The number of anilines is 1. The fourth-order valence-corrected chi connectivity index (χ4v) is 2.58. The summed E-state index contributed by atoms with van der Waals surface area (Å²) in [5, 5.41) is 19.7. The van der Waals surface area contributed by atoms with Gasteiger partial charge in [0, 0.05) is 42.5 Å². The number of nitrogens with zero attached hydrogens (tertiary/aromatic N) is 5. The average molecular weight is 386 g/mol. The molecular formula is C21H18N6O2. The Kier molecular flexibility index (Phi) is 5.68. The van der Waals surface area contributed by atoms with Gasteiger partial charge in [0.25, 0.3) is 5.91 Å². The monoisotopic (exact) mass is 386 g/mol. The maximum absolute atomic E-state index is 11.9. The summed E-state index contributed by atoms with van der Waals surface area (Å²) in [4.78, 5) is 26.1. The summed E-state index contributed by atoms with van der Waals surface area (Å²) in [6, 6.07) is 9.11. The van der Waals surface area contributed by atoms with Crippen molar-refractivity contribution in [1.82, 2.24) is 19.9 Å². The molecule has 0 fully saturated rings. The van der Waals surface area contributed by atoms with Crippen molar-refractivity contribution in [3.05, 3.63) is 47.8 Å². The van der Waals surface area contributed by atoms with Gasteiger partial charge in [-0.2, -0.15) is 5.26 Å². The summed E-state index contributed by atoms with van der Waals surface area (Å²) in [6.07, 6.45) is 1.53. The van der Waals surface area contributed by atoms with Crippen LogP contribution in [0.1, 0.15) is 18.1 Å². The van der Waals surface area contributed by atoms with Crippen LogP contribution in [0.5, 0.6) is 0 Å². The van der Waals surface area contributed by atoms with Crippen LogP contribution in [-0.2, 0) is 4.79 Å². The smallest absolute Gasteiger partial charge is 0.263 e. The van der Waals surface area contributed by atoms with Gasteiger partial charge in [-0.25, -0.2) is 15.0 Å². The van der Waals surface area contributed by atoms with E-state index in [1.165, 1.54) is 17.3 Å². The quantitative estimate of drug-likeness (QED) is 0.650. The molecule has 2 aromatic heterocycles. The average Bonchev–Trinajstić information content (AvgIpc) is 2.76. The molecule has 0 spiro atoms. The van der Waals surface area contributed by atoms with Crippen LogP contribution in [0.25, 0.3) is 22.3 Å². The number of hydrogen-bond acceptors (Lipinski definition) is 7. The third-order valence-corrected chi connectivity index (χ3v) is 4.33. The van der Waals surface area contributed by atoms with Crippen LogP contribution in [0, 0.1) is 23.2 Å². The van der Waals surface area contributed by atoms with Crippen LogP contribution in [0.2, 0.25) is 0 Å². The number of hydrogen-bond donors (Lipinski definition) is 2. The van der Waals surface area contributed by atoms with Crippen LogP contribution < -0.4 is 5.73 Å². The Morgan fingerprint density at radius 2 is 2.14 bits per heavy atom. The number of nitrogens with two attached hydrogens (primary N) is 1. The second-order valence-corrected chi connectivity index (χ2v) is 6.23. The molecule has 3 N–H and O–H groups in total. The van der Waals surface area contributed by atoms with Crippen molar-refractivity contribution in [1.29, 1.82) is 5.26 Å². The molecule has 0 unspecified atom stereocenters. The van der Waals surface area contributed by atoms with Crippen LogP contribution >= 0.6 is 0 Å². The zero-order valence-corrected chi connectivity index (χ0v) is 15.9. The number of nitrogen functional groups attached to an aromatic ring is 1. The highest BCUT2D eigenvalue weighted by molar-refractivity contribution is 5.91. The van der Waals surface area contributed by atoms with E-state index in [9.17, 15) is 15.2 Å². The molecule has 0 saturated carbocycles. The van der Waals surface area contributed by atoms with Crippen molar-refractivity contribution < 1.29 is 9.90 Å². The van der Waals surface area contributed by atoms with E-state index in [1.54, 1.807) is 31.3 Å². The van der Waals surface area contributed by atoms with Gasteiger partial charge in [0.2, 0.25) is 0 Å². The predicted octanol–water partition coefficient (Wildman–Crippen LogP) is 1.34. The first-order valence-electron chi connectivity index (χ1n) is 8.81. The molecule has 1 aromatic carbocycles. The minimum absolute atomic E-state index is 0.209. The lowest BCUT2D eigenvalue weighted by atomic mass is 10.1. The first-order valence-corrected chi connectivity index (χ1v) is 8.81. The van der Waals surface area contributed by atoms with E-state index in [2.05, 4.69) is 26.8 Å². The summed E-state index contributed by atoms with van der Waals surface area (Å²) in [6.45, 7) is 2.30. The zero-order valence-electron chi connectivity index (χ0n) is 15.9. The van der Waals surface area contributed by atoms with E-state index in [0.717, 1.165) is 0 Å². The van der Waals surface area contributed by atoms with Crippen LogP contribution in [0.15, 0.2) is 36.7 Å². The number of amides is 1. The Balaban J connectivity index is 1.95. The lowest BCUT2D eigenvalue weighted by Gasteiger charge is -2.15. The van der Waals surface area contributed by atoms with Gasteiger partial charge in [0.15, 0.2) is 11.9 Å². The van der Waals surface area contributed by atoms with Gasteiger partial charge in [-0.1, -0.05) is 24.0 Å². The van der Waals surface area contributed by atoms with Crippen molar-refractivity contribution in [3.63, 3.8) is 0 Å². The molecule has 8 heteroatoms. The Hall–Kier alpha value is -4.01. The molecular weight excluding hydrogens is 368 g/mol.